The van der Waals surface area contributed by atoms with Crippen LogP contribution in [-0.2, 0) is 4.79 Å². The van der Waals surface area contributed by atoms with E-state index < -0.39 is 0 Å². The van der Waals surface area contributed by atoms with Gasteiger partial charge in [0.2, 0.25) is 5.91 Å². The molecule has 116 valence electrons. The topological polar surface area (TPSA) is 32.3 Å². The van der Waals surface area contributed by atoms with Gasteiger partial charge in [0.15, 0.2) is 0 Å². The van der Waals surface area contributed by atoms with E-state index in [-0.39, 0.29) is 5.91 Å². The van der Waals surface area contributed by atoms with E-state index in [1.54, 1.807) is 18.2 Å². The lowest BCUT2D eigenvalue weighted by Gasteiger charge is -2.26. The first-order chi connectivity index (χ1) is 10.1. The molecule has 0 heterocycles. The third-order valence-electron chi connectivity index (χ3n) is 4.07. The van der Waals surface area contributed by atoms with Crippen LogP contribution in [0.2, 0.25) is 10.0 Å². The van der Waals surface area contributed by atoms with E-state index in [0.717, 1.165) is 0 Å². The molecule has 0 radical (unpaired) electrons. The van der Waals surface area contributed by atoms with Crippen LogP contribution in [0, 0.1) is 0 Å². The Morgan fingerprint density at radius 1 is 1.24 bits per heavy atom. The third kappa shape index (κ3) is 4.87. The van der Waals surface area contributed by atoms with Gasteiger partial charge in [-0.2, -0.15) is 0 Å². The normalized spacial score (nSPS) is 16.8. The molecule has 1 fully saturated rings. The van der Waals surface area contributed by atoms with Crippen molar-refractivity contribution in [1.82, 2.24) is 4.90 Å². The fourth-order valence-corrected chi connectivity index (χ4v) is 3.19. The summed E-state index contributed by atoms with van der Waals surface area (Å²) in [5.74, 6) is -0.0501. The number of halogens is 2. The monoisotopic (exact) mass is 328 g/mol. The van der Waals surface area contributed by atoms with Gasteiger partial charge in [0.1, 0.15) is 0 Å². The molecule has 0 aliphatic heterocycles. The van der Waals surface area contributed by atoms with Crippen LogP contribution in [0.4, 0.5) is 5.69 Å². The van der Waals surface area contributed by atoms with Crippen molar-refractivity contribution < 1.29 is 4.79 Å². The lowest BCUT2D eigenvalue weighted by atomic mass is 10.1. The summed E-state index contributed by atoms with van der Waals surface area (Å²) in [6.45, 7) is 0.382. The van der Waals surface area contributed by atoms with Crippen LogP contribution in [0.1, 0.15) is 38.5 Å². The highest BCUT2D eigenvalue weighted by Gasteiger charge is 2.19. The molecule has 1 aromatic carbocycles. The van der Waals surface area contributed by atoms with Crippen molar-refractivity contribution in [3.8, 4) is 0 Å². The van der Waals surface area contributed by atoms with E-state index in [0.29, 0.717) is 28.3 Å². The first-order valence-corrected chi connectivity index (χ1v) is 8.27. The number of benzene rings is 1. The summed E-state index contributed by atoms with van der Waals surface area (Å²) in [5, 5.41) is 3.68. The summed E-state index contributed by atoms with van der Waals surface area (Å²) >= 11 is 12.0. The maximum Gasteiger partial charge on any atom is 0.238 e. The molecule has 1 aliphatic carbocycles. The van der Waals surface area contributed by atoms with E-state index in [9.17, 15) is 4.79 Å². The van der Waals surface area contributed by atoms with Crippen molar-refractivity contribution in [1.29, 1.82) is 0 Å². The Balaban J connectivity index is 1.90. The number of carbonyl (C=O) groups is 1. The highest BCUT2D eigenvalue weighted by atomic mass is 35.5. The first-order valence-electron chi connectivity index (χ1n) is 7.52. The van der Waals surface area contributed by atoms with E-state index in [2.05, 4.69) is 10.2 Å². The fraction of sp³-hybridized carbons (Fsp3) is 0.562. The van der Waals surface area contributed by atoms with Crippen LogP contribution < -0.4 is 5.32 Å². The van der Waals surface area contributed by atoms with Crippen molar-refractivity contribution in [3.05, 3.63) is 28.2 Å². The Morgan fingerprint density at radius 3 is 2.57 bits per heavy atom. The van der Waals surface area contributed by atoms with Crippen molar-refractivity contribution in [2.45, 2.75) is 44.6 Å². The Bertz CT molecular complexity index is 485. The molecular weight excluding hydrogens is 307 g/mol. The quantitative estimate of drug-likeness (QED) is 0.820. The highest BCUT2D eigenvalue weighted by Crippen LogP contribution is 2.29. The molecule has 2 rings (SSSR count). The molecule has 0 bridgehead atoms. The van der Waals surface area contributed by atoms with E-state index in [1.807, 2.05) is 7.05 Å². The van der Waals surface area contributed by atoms with Crippen LogP contribution >= 0.6 is 23.2 Å². The zero-order valence-electron chi connectivity index (χ0n) is 12.4. The molecule has 21 heavy (non-hydrogen) atoms. The standard InChI is InChI=1S/C16H22Cl2N2O/c1-20(12-7-4-2-3-5-8-12)11-15(21)19-14-10-6-9-13(17)16(14)18/h6,9-10,12H,2-5,7-8,11H2,1H3,(H,19,21). The minimum Gasteiger partial charge on any atom is -0.324 e. The van der Waals surface area contributed by atoms with E-state index in [1.165, 1.54) is 38.5 Å². The van der Waals surface area contributed by atoms with Gasteiger partial charge in [0, 0.05) is 6.04 Å². The van der Waals surface area contributed by atoms with Crippen LogP contribution in [0.25, 0.3) is 0 Å². The molecule has 1 N–H and O–H groups in total. The van der Waals surface area contributed by atoms with E-state index in [4.69, 9.17) is 23.2 Å². The summed E-state index contributed by atoms with van der Waals surface area (Å²) in [6.07, 6.45) is 7.51. The van der Waals surface area contributed by atoms with E-state index >= 15 is 0 Å². The number of nitrogens with zero attached hydrogens (tertiary/aromatic N) is 1. The maximum atomic E-state index is 12.2. The average molecular weight is 329 g/mol. The lowest BCUT2D eigenvalue weighted by Crippen LogP contribution is -2.37. The van der Waals surface area contributed by atoms with Gasteiger partial charge in [-0.1, -0.05) is 55.0 Å². The molecule has 1 aliphatic rings. The van der Waals surface area contributed by atoms with Crippen LogP contribution in [0.3, 0.4) is 0 Å². The average Bonchev–Trinajstić information content (AvgIpc) is 2.73. The zero-order chi connectivity index (χ0) is 15.2. The number of anilines is 1. The van der Waals surface area contributed by atoms with Gasteiger partial charge >= 0.3 is 0 Å². The van der Waals surface area contributed by atoms with Crippen molar-refractivity contribution in [2.24, 2.45) is 0 Å². The number of hydrogen-bond donors (Lipinski definition) is 1. The predicted molar refractivity (Wildman–Crippen MR) is 89.2 cm³/mol. The number of carbonyl (C=O) groups excluding carboxylic acids is 1. The smallest absolute Gasteiger partial charge is 0.238 e. The number of nitrogens with one attached hydrogen (secondary N) is 1. The predicted octanol–water partition coefficient (Wildman–Crippen LogP) is 4.59. The molecule has 0 atom stereocenters. The zero-order valence-corrected chi connectivity index (χ0v) is 13.9. The third-order valence-corrected chi connectivity index (χ3v) is 4.89. The van der Waals surface area contributed by atoms with Gasteiger partial charge in [0.25, 0.3) is 0 Å². The fourth-order valence-electron chi connectivity index (χ4n) is 2.84. The Labute approximate surface area is 136 Å². The van der Waals surface area contributed by atoms with Crippen LogP contribution in [-0.4, -0.2) is 30.4 Å². The second kappa shape index (κ2) is 8.02. The van der Waals surface area contributed by atoms with Gasteiger partial charge in [-0.25, -0.2) is 0 Å². The van der Waals surface area contributed by atoms with Crippen molar-refractivity contribution in [3.63, 3.8) is 0 Å². The summed E-state index contributed by atoms with van der Waals surface area (Å²) < 4.78 is 0. The van der Waals surface area contributed by atoms with Crippen molar-refractivity contribution in [2.75, 3.05) is 18.9 Å². The molecular formula is C16H22Cl2N2O. The number of likely N-dealkylation sites (N-methyl/N-ethyl adjacent to an activating group) is 1. The Kier molecular flexibility index (Phi) is 6.34. The van der Waals surface area contributed by atoms with Gasteiger partial charge in [-0.05, 0) is 32.0 Å². The molecule has 0 aromatic heterocycles. The minimum atomic E-state index is -0.0501. The van der Waals surface area contributed by atoms with Gasteiger partial charge in [-0.15, -0.1) is 0 Å². The SMILES string of the molecule is CN(CC(=O)Nc1cccc(Cl)c1Cl)C1CCCCCC1. The number of hydrogen-bond acceptors (Lipinski definition) is 2. The van der Waals surface area contributed by atoms with Crippen LogP contribution in [0.5, 0.6) is 0 Å². The molecule has 3 nitrogen and oxygen atoms in total. The molecule has 0 spiro atoms. The molecule has 0 saturated heterocycles. The Morgan fingerprint density at radius 2 is 1.90 bits per heavy atom. The van der Waals surface area contributed by atoms with Crippen LogP contribution in [0.15, 0.2) is 18.2 Å². The van der Waals surface area contributed by atoms with Gasteiger partial charge in [0.05, 0.1) is 22.3 Å². The summed E-state index contributed by atoms with van der Waals surface area (Å²) in [7, 11) is 2.02. The summed E-state index contributed by atoms with van der Waals surface area (Å²) in [4.78, 5) is 14.3. The molecule has 0 unspecified atom stereocenters. The largest absolute Gasteiger partial charge is 0.324 e. The summed E-state index contributed by atoms with van der Waals surface area (Å²) in [6, 6.07) is 5.75. The highest BCUT2D eigenvalue weighted by molar-refractivity contribution is 6.43. The number of rotatable bonds is 4. The van der Waals surface area contributed by atoms with Gasteiger partial charge < -0.3 is 5.32 Å². The number of amides is 1. The Hall–Kier alpha value is -0.770. The first kappa shape index (κ1) is 16.6. The lowest BCUT2D eigenvalue weighted by molar-refractivity contribution is -0.117. The molecule has 5 heteroatoms. The molecule has 1 saturated carbocycles. The molecule has 1 aromatic rings. The second-order valence-electron chi connectivity index (χ2n) is 5.71. The molecule has 1 amide bonds. The second-order valence-corrected chi connectivity index (χ2v) is 6.50. The minimum absolute atomic E-state index is 0.0501. The van der Waals surface area contributed by atoms with Gasteiger partial charge in [-0.3, -0.25) is 9.69 Å². The summed E-state index contributed by atoms with van der Waals surface area (Å²) in [5.41, 5.74) is 0.573. The maximum absolute atomic E-state index is 12.2. The van der Waals surface area contributed by atoms with Crippen molar-refractivity contribution >= 4 is 34.8 Å².